The number of benzene rings is 3. The third kappa shape index (κ3) is 6.80. The van der Waals surface area contributed by atoms with Crippen LogP contribution in [0.15, 0.2) is 105 Å². The van der Waals surface area contributed by atoms with E-state index in [1.807, 2.05) is 12.1 Å². The Hall–Kier alpha value is -7.46. The predicted octanol–water partition coefficient (Wildman–Crippen LogP) is 3.14. The summed E-state index contributed by atoms with van der Waals surface area (Å²) in [5.74, 6) is -1.77. The highest BCUT2D eigenvalue weighted by Gasteiger charge is 2.22. The fraction of sp³-hybridized carbons (Fsp3) is 0.118. The number of hydrazone groups is 2. The number of carbonyl (C=O) groups excluding carboxylic acids is 2. The van der Waals surface area contributed by atoms with E-state index in [0.717, 1.165) is 0 Å². The van der Waals surface area contributed by atoms with Crippen LogP contribution in [0, 0.1) is 36.5 Å². The largest absolute Gasteiger partial charge is 0.314 e. The van der Waals surface area contributed by atoms with Crippen molar-refractivity contribution in [3.05, 3.63) is 117 Å². The number of hydrogen-bond acceptors (Lipinski definition) is 10. The Labute approximate surface area is 284 Å². The van der Waals surface area contributed by atoms with Crippen LogP contribution >= 0.6 is 0 Å². The summed E-state index contributed by atoms with van der Waals surface area (Å²) in [4.78, 5) is 52.0. The maximum absolute atomic E-state index is 13.1. The minimum atomic E-state index is -0.884. The minimum Gasteiger partial charge on any atom is -0.314 e. The molecule has 16 heteroatoms. The Morgan fingerprint density at radius 3 is 1.26 bits per heavy atom. The van der Waals surface area contributed by atoms with Crippen molar-refractivity contribution in [3.8, 4) is 23.5 Å². The van der Waals surface area contributed by atoms with E-state index in [1.54, 1.807) is 122 Å². The quantitative estimate of drug-likeness (QED) is 0.128. The summed E-state index contributed by atoms with van der Waals surface area (Å²) in [6.45, 7) is 3.33. The van der Waals surface area contributed by atoms with Crippen molar-refractivity contribution >= 4 is 46.0 Å². The number of hydrogen-bond donors (Lipinski definition) is 4. The summed E-state index contributed by atoms with van der Waals surface area (Å²) in [6, 6.07) is 27.4. The first-order valence-electron chi connectivity index (χ1n) is 14.9. The average Bonchev–Trinajstić information content (AvgIpc) is 3.47. The molecule has 4 N–H and O–H groups in total. The number of aromatic nitrogens is 4. The van der Waals surface area contributed by atoms with Crippen LogP contribution in [-0.4, -0.2) is 42.0 Å². The summed E-state index contributed by atoms with van der Waals surface area (Å²) >= 11 is 0. The fourth-order valence-corrected chi connectivity index (χ4v) is 4.88. The number of amides is 2. The SMILES string of the molecule is Cc1c(NC(=O)/C(C#N)=N\Nc2ccc(N/N=C(/C#N)C(=O)Nc3c(C)n(C)n(-c4ccccc4)c3=O)cc2)c(=O)n(-c2ccccc2)n1C. The molecule has 5 aromatic rings. The van der Waals surface area contributed by atoms with Gasteiger partial charge in [-0.1, -0.05) is 36.4 Å². The van der Waals surface area contributed by atoms with E-state index >= 15 is 0 Å². The number of carbonyl (C=O) groups is 2. The van der Waals surface area contributed by atoms with Gasteiger partial charge in [-0.2, -0.15) is 20.7 Å². The maximum Gasteiger partial charge on any atom is 0.295 e. The molecule has 0 saturated heterocycles. The van der Waals surface area contributed by atoms with Crippen molar-refractivity contribution < 1.29 is 9.59 Å². The van der Waals surface area contributed by atoms with Gasteiger partial charge in [0.15, 0.2) is 0 Å². The monoisotopic (exact) mass is 670 g/mol. The molecule has 50 heavy (non-hydrogen) atoms. The van der Waals surface area contributed by atoms with Gasteiger partial charge in [0.25, 0.3) is 22.9 Å². The number of nitrogens with one attached hydrogen (secondary N) is 4. The lowest BCUT2D eigenvalue weighted by Gasteiger charge is -2.07. The lowest BCUT2D eigenvalue weighted by molar-refractivity contribution is -0.111. The Morgan fingerprint density at radius 1 is 0.600 bits per heavy atom. The summed E-state index contributed by atoms with van der Waals surface area (Å²) in [6.07, 6.45) is 0. The zero-order valence-corrected chi connectivity index (χ0v) is 27.3. The molecule has 0 aliphatic carbocycles. The van der Waals surface area contributed by atoms with Gasteiger partial charge in [0.1, 0.15) is 23.5 Å². The first-order chi connectivity index (χ1) is 24.0. The van der Waals surface area contributed by atoms with Crippen LogP contribution in [0.25, 0.3) is 11.4 Å². The van der Waals surface area contributed by atoms with Crippen LogP contribution < -0.4 is 32.6 Å². The van der Waals surface area contributed by atoms with Gasteiger partial charge < -0.3 is 10.6 Å². The Bertz CT molecular complexity index is 2180. The third-order valence-corrected chi connectivity index (χ3v) is 7.71. The second-order valence-corrected chi connectivity index (χ2v) is 10.7. The van der Waals surface area contributed by atoms with Crippen molar-refractivity contribution in [1.82, 2.24) is 18.7 Å². The lowest BCUT2D eigenvalue weighted by atomic mass is 10.3. The summed E-state index contributed by atoms with van der Waals surface area (Å²) in [5.41, 5.74) is 6.17. The Kier molecular flexibility index (Phi) is 9.85. The Balaban J connectivity index is 1.23. The van der Waals surface area contributed by atoms with Crippen LogP contribution in [0.3, 0.4) is 0 Å². The van der Waals surface area contributed by atoms with Gasteiger partial charge in [0, 0.05) is 14.1 Å². The van der Waals surface area contributed by atoms with Crippen molar-refractivity contribution in [1.29, 1.82) is 10.5 Å². The molecule has 0 aliphatic heterocycles. The summed E-state index contributed by atoms with van der Waals surface area (Å²) in [5, 5.41) is 31.9. The molecule has 3 aromatic carbocycles. The molecule has 0 bridgehead atoms. The van der Waals surface area contributed by atoms with Crippen molar-refractivity contribution in [3.63, 3.8) is 0 Å². The van der Waals surface area contributed by atoms with E-state index in [1.165, 1.54) is 9.36 Å². The highest BCUT2D eigenvalue weighted by Crippen LogP contribution is 2.17. The molecule has 0 saturated carbocycles. The lowest BCUT2D eigenvalue weighted by Crippen LogP contribution is -2.27. The van der Waals surface area contributed by atoms with Crippen LogP contribution in [0.4, 0.5) is 22.7 Å². The zero-order valence-electron chi connectivity index (χ0n) is 27.3. The molecule has 0 spiro atoms. The van der Waals surface area contributed by atoms with Crippen molar-refractivity contribution in [2.24, 2.45) is 24.3 Å². The Morgan fingerprint density at radius 2 is 0.940 bits per heavy atom. The first kappa shape index (κ1) is 33.9. The van der Waals surface area contributed by atoms with Gasteiger partial charge in [-0.15, -0.1) is 0 Å². The van der Waals surface area contributed by atoms with Gasteiger partial charge in [-0.25, -0.2) is 9.36 Å². The van der Waals surface area contributed by atoms with Gasteiger partial charge in [0.05, 0.1) is 34.1 Å². The summed E-state index contributed by atoms with van der Waals surface area (Å²) < 4.78 is 5.97. The zero-order chi connectivity index (χ0) is 35.9. The fourth-order valence-electron chi connectivity index (χ4n) is 4.88. The van der Waals surface area contributed by atoms with E-state index in [0.29, 0.717) is 34.1 Å². The number of nitriles is 2. The van der Waals surface area contributed by atoms with E-state index in [-0.39, 0.29) is 11.4 Å². The molecule has 250 valence electrons. The molecule has 0 fully saturated rings. The molecule has 0 unspecified atom stereocenters. The predicted molar refractivity (Wildman–Crippen MR) is 189 cm³/mol. The van der Waals surface area contributed by atoms with Crippen molar-refractivity contribution in [2.75, 3.05) is 21.5 Å². The normalized spacial score (nSPS) is 11.3. The standard InChI is InChI=1S/C34H30N12O4/c1-21-29(33(49)45(43(21)3)25-11-7-5-8-12-25)37-31(47)27(19-35)41-39-23-15-17-24(18-16-23)40-42-28(20-36)32(48)38-30-22(2)44(4)46(34(30)50)26-13-9-6-10-14-26/h5-18,39-40H,1-4H3,(H,37,47)(H,38,48)/b41-27-,42-28-. The topological polar surface area (TPSA) is 208 Å². The molecule has 5 rings (SSSR count). The minimum absolute atomic E-state index is 0.00824. The molecular formula is C34H30N12O4. The molecule has 2 heterocycles. The molecule has 2 amide bonds. The van der Waals surface area contributed by atoms with Gasteiger partial charge in [-0.05, 0) is 62.4 Å². The number of nitrogens with zero attached hydrogens (tertiary/aromatic N) is 8. The second-order valence-electron chi connectivity index (χ2n) is 10.7. The van der Waals surface area contributed by atoms with Crippen LogP contribution in [-0.2, 0) is 23.7 Å². The van der Waals surface area contributed by atoms with Crippen LogP contribution in [0.5, 0.6) is 0 Å². The summed E-state index contributed by atoms with van der Waals surface area (Å²) in [7, 11) is 3.35. The van der Waals surface area contributed by atoms with E-state index in [2.05, 4.69) is 31.7 Å². The average molecular weight is 671 g/mol. The van der Waals surface area contributed by atoms with E-state index < -0.39 is 34.4 Å². The van der Waals surface area contributed by atoms with Gasteiger partial charge >= 0.3 is 0 Å². The van der Waals surface area contributed by atoms with Crippen LogP contribution in [0.1, 0.15) is 11.4 Å². The highest BCUT2D eigenvalue weighted by atomic mass is 16.2. The van der Waals surface area contributed by atoms with Gasteiger partial charge in [-0.3, -0.25) is 39.4 Å². The van der Waals surface area contributed by atoms with Crippen molar-refractivity contribution in [2.45, 2.75) is 13.8 Å². The number of para-hydroxylation sites is 2. The third-order valence-electron chi connectivity index (χ3n) is 7.71. The maximum atomic E-state index is 13.1. The molecular weight excluding hydrogens is 640 g/mol. The molecule has 0 atom stereocenters. The highest BCUT2D eigenvalue weighted by molar-refractivity contribution is 6.49. The molecule has 0 aliphatic rings. The second kappa shape index (κ2) is 14.5. The molecule has 2 aromatic heterocycles. The number of rotatable bonds is 10. The first-order valence-corrected chi connectivity index (χ1v) is 14.9. The molecule has 16 nitrogen and oxygen atoms in total. The molecule has 0 radical (unpaired) electrons. The van der Waals surface area contributed by atoms with E-state index in [9.17, 15) is 29.7 Å². The smallest absolute Gasteiger partial charge is 0.295 e. The van der Waals surface area contributed by atoms with E-state index in [4.69, 9.17) is 0 Å². The van der Waals surface area contributed by atoms with Crippen LogP contribution in [0.2, 0.25) is 0 Å². The van der Waals surface area contributed by atoms with Gasteiger partial charge in [0.2, 0.25) is 11.4 Å². The number of anilines is 4.